The number of hydrogen-bond donors (Lipinski definition) is 4. The van der Waals surface area contributed by atoms with E-state index in [1.165, 1.54) is 0 Å². The maximum Gasteiger partial charge on any atom is 0.123 e. The molecule has 2 aromatic rings. The van der Waals surface area contributed by atoms with E-state index < -0.39 is 17.3 Å². The molecule has 0 unspecified atom stereocenters. The van der Waals surface area contributed by atoms with Crippen LogP contribution in [0.4, 0.5) is 0 Å². The number of ether oxygens (including phenoxy) is 4. The first-order chi connectivity index (χ1) is 18.3. The number of hydrogen-bond acceptors (Lipinski definition) is 8. The molecule has 1 aliphatic carbocycles. The van der Waals surface area contributed by atoms with E-state index in [4.69, 9.17) is 36.3 Å². The second kappa shape index (κ2) is 12.5. The summed E-state index contributed by atoms with van der Waals surface area (Å²) in [7, 11) is 4.88. The van der Waals surface area contributed by atoms with Gasteiger partial charge >= 0.3 is 0 Å². The fourth-order valence-corrected chi connectivity index (χ4v) is 6.52. The number of halogens is 1. The lowest BCUT2D eigenvalue weighted by atomic mass is 9.65. The van der Waals surface area contributed by atoms with Crippen LogP contribution in [0.2, 0.25) is 5.02 Å². The molecule has 1 saturated carbocycles. The highest BCUT2D eigenvalue weighted by Gasteiger charge is 2.60. The third-order valence-corrected chi connectivity index (χ3v) is 8.51. The minimum atomic E-state index is -1.46. The van der Waals surface area contributed by atoms with Gasteiger partial charge in [0.2, 0.25) is 0 Å². The first-order valence-electron chi connectivity index (χ1n) is 13.3. The molecular formula is C29H41ClN2O6. The van der Waals surface area contributed by atoms with E-state index in [0.29, 0.717) is 79.6 Å². The Balaban J connectivity index is 1.92. The highest BCUT2D eigenvalue weighted by atomic mass is 35.5. The normalized spacial score (nSPS) is 27.2. The Kier molecular flexibility index (Phi) is 9.58. The van der Waals surface area contributed by atoms with Gasteiger partial charge in [-0.05, 0) is 67.3 Å². The van der Waals surface area contributed by atoms with Gasteiger partial charge in [0.05, 0.1) is 26.9 Å². The van der Waals surface area contributed by atoms with E-state index in [-0.39, 0.29) is 12.0 Å². The Labute approximate surface area is 230 Å². The van der Waals surface area contributed by atoms with E-state index in [2.05, 4.69) is 5.32 Å². The number of rotatable bonds is 11. The molecule has 9 heteroatoms. The first-order valence-corrected chi connectivity index (χ1v) is 13.7. The summed E-state index contributed by atoms with van der Waals surface area (Å²) in [5, 5.41) is 27.7. The van der Waals surface area contributed by atoms with Gasteiger partial charge in [-0.25, -0.2) is 0 Å². The van der Waals surface area contributed by atoms with Crippen LogP contribution in [0.3, 0.4) is 0 Å². The second-order valence-corrected chi connectivity index (χ2v) is 10.8. The van der Waals surface area contributed by atoms with Crippen LogP contribution in [0.15, 0.2) is 36.4 Å². The number of aliphatic hydroxyl groups is 2. The standard InChI is InChI=1S/C29H41ClN2O6/c1-35-11-5-4-9-28(34,29(18-32-10-12-38-29)20-15-25(31)26(33)16-20)23-7-6-8-24(30)27(23)19-13-21(36-2)17-22(14-19)37-3/h6-8,13-14,17,20,25-26,32-34H,4-5,9-12,15-16,18,31H2,1-3H3/t20-,25+,26-,28+,29-/m0/s1. The van der Waals surface area contributed by atoms with Crippen molar-refractivity contribution in [2.45, 2.75) is 55.5 Å². The van der Waals surface area contributed by atoms with Gasteiger partial charge in [-0.1, -0.05) is 23.7 Å². The van der Waals surface area contributed by atoms with Crippen molar-refractivity contribution in [1.29, 1.82) is 0 Å². The summed E-state index contributed by atoms with van der Waals surface area (Å²) in [6.07, 6.45) is 2.23. The summed E-state index contributed by atoms with van der Waals surface area (Å²) < 4.78 is 23.0. The van der Waals surface area contributed by atoms with Gasteiger partial charge in [-0.15, -0.1) is 0 Å². The molecule has 0 aromatic heterocycles. The Morgan fingerprint density at radius 2 is 1.87 bits per heavy atom. The lowest BCUT2D eigenvalue weighted by Gasteiger charge is -2.53. The SMILES string of the molecule is COCCCC[C@@](O)(c1cccc(Cl)c1-c1cc(OC)cc(OC)c1)[C@@]1([C@H]2C[C@@H](N)[C@@H](O)C2)CNCCO1. The predicted molar refractivity (Wildman–Crippen MR) is 148 cm³/mol. The van der Waals surface area contributed by atoms with Gasteiger partial charge in [-0.2, -0.15) is 0 Å². The molecule has 0 amide bonds. The van der Waals surface area contributed by atoms with E-state index in [1.54, 1.807) is 27.4 Å². The highest BCUT2D eigenvalue weighted by molar-refractivity contribution is 6.33. The van der Waals surface area contributed by atoms with Crippen LogP contribution >= 0.6 is 11.6 Å². The number of benzene rings is 2. The zero-order valence-corrected chi connectivity index (χ0v) is 23.3. The summed E-state index contributed by atoms with van der Waals surface area (Å²) in [6.45, 7) is 2.12. The van der Waals surface area contributed by atoms with E-state index >= 15 is 0 Å². The van der Waals surface area contributed by atoms with Crippen LogP contribution in [0.1, 0.15) is 37.7 Å². The molecule has 5 N–H and O–H groups in total. The van der Waals surface area contributed by atoms with Crippen molar-refractivity contribution >= 4 is 11.6 Å². The van der Waals surface area contributed by atoms with E-state index in [9.17, 15) is 10.2 Å². The Bertz CT molecular complexity index is 1050. The summed E-state index contributed by atoms with van der Waals surface area (Å²) >= 11 is 6.91. The smallest absolute Gasteiger partial charge is 0.123 e. The van der Waals surface area contributed by atoms with Crippen molar-refractivity contribution in [2.24, 2.45) is 11.7 Å². The van der Waals surface area contributed by atoms with Gasteiger partial charge in [0, 0.05) is 49.5 Å². The molecule has 5 atom stereocenters. The molecule has 0 spiro atoms. The lowest BCUT2D eigenvalue weighted by Crippen LogP contribution is -2.66. The maximum absolute atomic E-state index is 13.1. The fourth-order valence-electron chi connectivity index (χ4n) is 6.24. The number of morpholine rings is 1. The van der Waals surface area contributed by atoms with E-state index in [0.717, 1.165) is 12.0 Å². The third kappa shape index (κ3) is 5.54. The molecule has 8 nitrogen and oxygen atoms in total. The van der Waals surface area contributed by atoms with Crippen LogP contribution in [0.5, 0.6) is 11.5 Å². The zero-order chi connectivity index (χ0) is 27.3. The molecule has 2 aromatic carbocycles. The minimum Gasteiger partial charge on any atom is -0.497 e. The monoisotopic (exact) mass is 548 g/mol. The fraction of sp³-hybridized carbons (Fsp3) is 0.586. The van der Waals surface area contributed by atoms with Crippen LogP contribution in [0.25, 0.3) is 11.1 Å². The summed E-state index contributed by atoms with van der Waals surface area (Å²) in [5.74, 6) is 1.06. The average Bonchev–Trinajstić information content (AvgIpc) is 3.28. The summed E-state index contributed by atoms with van der Waals surface area (Å²) in [6, 6.07) is 10.8. The number of nitrogens with one attached hydrogen (secondary N) is 1. The van der Waals surface area contributed by atoms with Crippen molar-refractivity contribution < 1.29 is 29.2 Å². The molecule has 1 heterocycles. The maximum atomic E-state index is 13.1. The van der Waals surface area contributed by atoms with Crippen molar-refractivity contribution in [1.82, 2.24) is 5.32 Å². The highest BCUT2D eigenvalue weighted by Crippen LogP contribution is 2.53. The topological polar surface area (TPSA) is 115 Å². The minimum absolute atomic E-state index is 0.167. The molecule has 0 radical (unpaired) electrons. The molecule has 2 aliphatic rings. The molecule has 1 saturated heterocycles. The van der Waals surface area contributed by atoms with Crippen LogP contribution in [-0.4, -0.2) is 75.6 Å². The van der Waals surface area contributed by atoms with Gasteiger partial charge < -0.3 is 40.2 Å². The lowest BCUT2D eigenvalue weighted by molar-refractivity contribution is -0.230. The van der Waals surface area contributed by atoms with Crippen molar-refractivity contribution in [3.63, 3.8) is 0 Å². The number of aliphatic hydroxyl groups excluding tert-OH is 1. The Morgan fingerprint density at radius 1 is 1.13 bits per heavy atom. The summed E-state index contributed by atoms with van der Waals surface area (Å²) in [5.41, 5.74) is 5.92. The van der Waals surface area contributed by atoms with Crippen LogP contribution in [0, 0.1) is 5.92 Å². The molecule has 210 valence electrons. The molecular weight excluding hydrogens is 508 g/mol. The molecule has 2 fully saturated rings. The number of nitrogens with two attached hydrogens (primary N) is 1. The first kappa shape index (κ1) is 29.1. The predicted octanol–water partition coefficient (Wildman–Crippen LogP) is 3.49. The average molecular weight is 549 g/mol. The molecule has 1 aliphatic heterocycles. The van der Waals surface area contributed by atoms with Crippen LogP contribution in [-0.2, 0) is 15.1 Å². The summed E-state index contributed by atoms with van der Waals surface area (Å²) in [4.78, 5) is 0. The molecule has 0 bridgehead atoms. The molecule has 4 rings (SSSR count). The van der Waals surface area contributed by atoms with Crippen molar-refractivity contribution in [2.75, 3.05) is 47.6 Å². The van der Waals surface area contributed by atoms with Gasteiger partial charge in [0.25, 0.3) is 0 Å². The van der Waals surface area contributed by atoms with E-state index in [1.807, 2.05) is 30.3 Å². The van der Waals surface area contributed by atoms with Gasteiger partial charge in [0.1, 0.15) is 22.7 Å². The Hall–Kier alpha value is -1.91. The molecule has 38 heavy (non-hydrogen) atoms. The largest absolute Gasteiger partial charge is 0.497 e. The van der Waals surface area contributed by atoms with Crippen molar-refractivity contribution in [3.05, 3.63) is 47.0 Å². The number of unbranched alkanes of at least 4 members (excludes halogenated alkanes) is 1. The number of methoxy groups -OCH3 is 3. The van der Waals surface area contributed by atoms with Crippen LogP contribution < -0.4 is 20.5 Å². The second-order valence-electron chi connectivity index (χ2n) is 10.4. The quantitative estimate of drug-likeness (QED) is 0.315. The Morgan fingerprint density at radius 3 is 2.45 bits per heavy atom. The van der Waals surface area contributed by atoms with Crippen molar-refractivity contribution in [3.8, 4) is 22.6 Å². The zero-order valence-electron chi connectivity index (χ0n) is 22.5. The van der Waals surface area contributed by atoms with Gasteiger partial charge in [-0.3, -0.25) is 0 Å². The van der Waals surface area contributed by atoms with Gasteiger partial charge in [0.15, 0.2) is 0 Å². The third-order valence-electron chi connectivity index (χ3n) is 8.20.